The fraction of sp³-hybridized carbons (Fsp3) is 0.273. The molecule has 0 radical (unpaired) electrons. The summed E-state index contributed by atoms with van der Waals surface area (Å²) < 4.78 is 6.11. The molecule has 6 N–H and O–H groups in total. The van der Waals surface area contributed by atoms with Gasteiger partial charge in [-0.05, 0) is 84.7 Å². The topological polar surface area (TPSA) is 164 Å². The summed E-state index contributed by atoms with van der Waals surface area (Å²) in [6, 6.07) is 12.1. The molecule has 0 saturated heterocycles. The molecule has 2 amide bonds. The number of aromatic nitrogens is 1. The number of fused-ring (bicyclic) bond motifs is 3. The van der Waals surface area contributed by atoms with Crippen LogP contribution in [0.4, 0.5) is 5.69 Å². The van der Waals surface area contributed by atoms with Gasteiger partial charge < -0.3 is 31.3 Å². The van der Waals surface area contributed by atoms with Crippen LogP contribution in [0, 0.1) is 13.8 Å². The van der Waals surface area contributed by atoms with Crippen molar-refractivity contribution in [1.82, 2.24) is 10.3 Å². The molecule has 1 aliphatic carbocycles. The van der Waals surface area contributed by atoms with Gasteiger partial charge in [0.15, 0.2) is 5.69 Å². The van der Waals surface area contributed by atoms with Crippen molar-refractivity contribution < 1.29 is 29.3 Å². The lowest BCUT2D eigenvalue weighted by molar-refractivity contribution is 0.0560. The van der Waals surface area contributed by atoms with E-state index in [9.17, 15) is 24.6 Å². The fourth-order valence-corrected chi connectivity index (χ4v) is 6.78. The van der Waals surface area contributed by atoms with E-state index < -0.39 is 23.9 Å². The van der Waals surface area contributed by atoms with Gasteiger partial charge in [0.1, 0.15) is 11.4 Å². The highest BCUT2D eigenvalue weighted by molar-refractivity contribution is 7.13. The summed E-state index contributed by atoms with van der Waals surface area (Å²) >= 11 is 1.55. The lowest BCUT2D eigenvalue weighted by Crippen LogP contribution is -2.47. The summed E-state index contributed by atoms with van der Waals surface area (Å²) in [4.78, 5) is 44.7. The quantitative estimate of drug-likeness (QED) is 0.201. The normalized spacial score (nSPS) is 16.9. The maximum Gasteiger partial charge on any atom is 0.355 e. The molecule has 0 spiro atoms. The van der Waals surface area contributed by atoms with E-state index in [1.807, 2.05) is 37.4 Å². The van der Waals surface area contributed by atoms with Crippen LogP contribution in [-0.2, 0) is 13.0 Å². The van der Waals surface area contributed by atoms with Gasteiger partial charge in [0.2, 0.25) is 0 Å². The van der Waals surface area contributed by atoms with Crippen molar-refractivity contribution in [2.75, 3.05) is 11.9 Å². The zero-order valence-electron chi connectivity index (χ0n) is 24.3. The largest absolute Gasteiger partial charge is 0.493 e. The Kier molecular flexibility index (Phi) is 7.93. The number of aliphatic hydroxyl groups is 1. The number of carbonyl (C=O) groups excluding carboxylic acids is 2. The molecule has 6 rings (SSSR count). The number of rotatable bonds is 7. The maximum absolute atomic E-state index is 14.1. The van der Waals surface area contributed by atoms with Crippen molar-refractivity contribution in [3.05, 3.63) is 87.0 Å². The molecule has 2 aliphatic rings. The molecule has 0 atom stereocenters. The molecule has 4 aromatic rings. The van der Waals surface area contributed by atoms with Crippen LogP contribution in [0.25, 0.3) is 21.6 Å². The predicted molar refractivity (Wildman–Crippen MR) is 167 cm³/mol. The van der Waals surface area contributed by atoms with E-state index in [0.717, 1.165) is 32.7 Å². The third-order valence-electron chi connectivity index (χ3n) is 8.12. The number of nitrogens with zero attached hydrogens (tertiary/aromatic N) is 1. The van der Waals surface area contributed by atoms with Crippen LogP contribution in [0.2, 0.25) is 0 Å². The number of aromatic carboxylic acids is 1. The molecule has 3 heterocycles. The van der Waals surface area contributed by atoms with E-state index in [0.29, 0.717) is 49.4 Å². The first-order valence-corrected chi connectivity index (χ1v) is 15.2. The second-order valence-corrected chi connectivity index (χ2v) is 12.1. The Labute approximate surface area is 257 Å². The number of carboxylic acid groups (broad SMARTS) is 1. The zero-order chi connectivity index (χ0) is 31.1. The highest BCUT2D eigenvalue weighted by Crippen LogP contribution is 2.43. The molecule has 226 valence electrons. The van der Waals surface area contributed by atoms with Gasteiger partial charge in [-0.15, -0.1) is 11.3 Å². The van der Waals surface area contributed by atoms with Gasteiger partial charge in [-0.3, -0.25) is 9.59 Å². The third-order valence-corrected chi connectivity index (χ3v) is 9.11. The van der Waals surface area contributed by atoms with E-state index in [4.69, 9.17) is 10.5 Å². The molecular weight excluding hydrogens is 580 g/mol. The molecule has 1 aliphatic heterocycles. The number of carbonyl (C=O) groups is 3. The van der Waals surface area contributed by atoms with Gasteiger partial charge in [0.05, 0.1) is 12.7 Å². The van der Waals surface area contributed by atoms with Gasteiger partial charge in [-0.2, -0.15) is 0 Å². The zero-order valence-corrected chi connectivity index (χ0v) is 25.1. The maximum atomic E-state index is 14.1. The number of hydrogen-bond donors (Lipinski definition) is 5. The SMILES string of the molecule is Cc1cc(CN)cc(C)c1NC(=O)c1cc2c(cc1-c1ccc(C(=O)NC3CC(O)C3)nc1C(=O)O)OCCc1ccsc1-2. The number of nitrogens with one attached hydrogen (secondary N) is 2. The Morgan fingerprint density at radius 2 is 1.77 bits per heavy atom. The number of carboxylic acids is 1. The molecule has 44 heavy (non-hydrogen) atoms. The van der Waals surface area contributed by atoms with E-state index in [1.165, 1.54) is 12.1 Å². The number of aliphatic hydroxyl groups excluding tert-OH is 1. The Hall–Kier alpha value is -4.58. The Morgan fingerprint density at radius 3 is 2.45 bits per heavy atom. The number of nitrogens with two attached hydrogens (primary N) is 1. The minimum Gasteiger partial charge on any atom is -0.493 e. The van der Waals surface area contributed by atoms with Crippen molar-refractivity contribution >= 4 is 34.8 Å². The lowest BCUT2D eigenvalue weighted by atomic mass is 9.89. The van der Waals surface area contributed by atoms with Gasteiger partial charge >= 0.3 is 5.97 Å². The Balaban J connectivity index is 1.47. The van der Waals surface area contributed by atoms with Gasteiger partial charge in [-0.25, -0.2) is 9.78 Å². The molecule has 11 heteroatoms. The number of ether oxygens (including phenoxy) is 1. The van der Waals surface area contributed by atoms with Crippen molar-refractivity contribution in [2.45, 2.75) is 51.8 Å². The summed E-state index contributed by atoms with van der Waals surface area (Å²) in [5.74, 6) is -1.78. The van der Waals surface area contributed by atoms with Crippen molar-refractivity contribution in [1.29, 1.82) is 0 Å². The third kappa shape index (κ3) is 5.57. The summed E-state index contributed by atoms with van der Waals surface area (Å²) in [6.07, 6.45) is 1.10. The second-order valence-electron chi connectivity index (χ2n) is 11.2. The fourth-order valence-electron chi connectivity index (χ4n) is 5.81. The van der Waals surface area contributed by atoms with Crippen LogP contribution in [0.15, 0.2) is 47.8 Å². The summed E-state index contributed by atoms with van der Waals surface area (Å²) in [6.45, 7) is 4.58. The standard InChI is InChI=1S/C33H32N4O6S/c1-16-9-18(15-34)10-17(2)28(16)37-31(39)24-13-25-27(43-7-5-19-6-8-44-30(19)25)14-23(24)22-3-4-26(36-29(22)33(41)42)32(40)35-20-11-21(38)12-20/h3-4,6,8-10,13-14,20-21,38H,5,7,11-12,15,34H2,1-2H3,(H,35,40)(H,37,39)(H,41,42). The van der Waals surface area contributed by atoms with Crippen molar-refractivity contribution in [2.24, 2.45) is 5.73 Å². The summed E-state index contributed by atoms with van der Waals surface area (Å²) in [7, 11) is 0. The van der Waals surface area contributed by atoms with Crippen molar-refractivity contribution in [3.63, 3.8) is 0 Å². The van der Waals surface area contributed by atoms with Crippen LogP contribution in [0.3, 0.4) is 0 Å². The Bertz CT molecular complexity index is 1790. The van der Waals surface area contributed by atoms with E-state index in [-0.39, 0.29) is 28.6 Å². The average Bonchev–Trinajstić information content (AvgIpc) is 3.38. The van der Waals surface area contributed by atoms with Crippen LogP contribution in [0.5, 0.6) is 5.75 Å². The molecule has 10 nitrogen and oxygen atoms in total. The number of thiophene rings is 1. The summed E-state index contributed by atoms with van der Waals surface area (Å²) in [5, 5.41) is 27.6. The molecule has 2 aromatic heterocycles. The van der Waals surface area contributed by atoms with Crippen LogP contribution >= 0.6 is 11.3 Å². The smallest absolute Gasteiger partial charge is 0.355 e. The molecule has 0 unspecified atom stereocenters. The number of hydrogen-bond acceptors (Lipinski definition) is 8. The van der Waals surface area contributed by atoms with Crippen LogP contribution < -0.4 is 21.1 Å². The number of benzene rings is 2. The van der Waals surface area contributed by atoms with Gasteiger partial charge in [0, 0.05) is 51.8 Å². The second kappa shape index (κ2) is 11.8. The number of amides is 2. The molecular formula is C33H32N4O6S. The first kappa shape index (κ1) is 29.5. The number of aryl methyl sites for hydroxylation is 2. The highest BCUT2D eigenvalue weighted by atomic mass is 32.1. The molecule has 1 fully saturated rings. The lowest BCUT2D eigenvalue weighted by Gasteiger charge is -2.31. The van der Waals surface area contributed by atoms with E-state index >= 15 is 0 Å². The predicted octanol–water partition coefficient (Wildman–Crippen LogP) is 4.69. The van der Waals surface area contributed by atoms with Crippen LogP contribution in [-0.4, -0.2) is 51.7 Å². The Morgan fingerprint density at radius 1 is 1.02 bits per heavy atom. The molecule has 0 bridgehead atoms. The minimum absolute atomic E-state index is 0.0704. The first-order chi connectivity index (χ1) is 21.1. The summed E-state index contributed by atoms with van der Waals surface area (Å²) in [5.41, 5.74) is 11.3. The van der Waals surface area contributed by atoms with Gasteiger partial charge in [0.25, 0.3) is 11.8 Å². The van der Waals surface area contributed by atoms with Crippen molar-refractivity contribution in [3.8, 4) is 27.3 Å². The first-order valence-electron chi connectivity index (χ1n) is 14.4. The average molecular weight is 613 g/mol. The van der Waals surface area contributed by atoms with Crippen LogP contribution in [0.1, 0.15) is 66.4 Å². The van der Waals surface area contributed by atoms with E-state index in [2.05, 4.69) is 15.6 Å². The molecule has 2 aromatic carbocycles. The monoisotopic (exact) mass is 612 g/mol. The number of pyridine rings is 1. The highest BCUT2D eigenvalue weighted by Gasteiger charge is 2.30. The van der Waals surface area contributed by atoms with E-state index in [1.54, 1.807) is 23.5 Å². The minimum atomic E-state index is -1.35. The number of anilines is 1. The molecule has 1 saturated carbocycles. The van der Waals surface area contributed by atoms with Gasteiger partial charge in [-0.1, -0.05) is 12.1 Å².